The summed E-state index contributed by atoms with van der Waals surface area (Å²) in [4.78, 5) is 10.9. The number of aliphatic carboxylic acids is 1. The molecule has 0 radical (unpaired) electrons. The summed E-state index contributed by atoms with van der Waals surface area (Å²) in [5.41, 5.74) is 5.26. The summed E-state index contributed by atoms with van der Waals surface area (Å²) in [7, 11) is 0. The summed E-state index contributed by atoms with van der Waals surface area (Å²) in [6.45, 7) is 3.44. The number of benzene rings is 1. The summed E-state index contributed by atoms with van der Waals surface area (Å²) in [6.07, 6.45) is 5.06. The number of rotatable bonds is 5. The maximum atomic E-state index is 10.9. The highest BCUT2D eigenvalue weighted by Gasteiger charge is 2.28. The lowest BCUT2D eigenvalue weighted by atomic mass is 9.96. The monoisotopic (exact) mass is 217 g/mol. The molecule has 0 fully saturated rings. The van der Waals surface area contributed by atoms with Gasteiger partial charge in [-0.25, -0.2) is 4.79 Å². The van der Waals surface area contributed by atoms with E-state index in [0.717, 1.165) is 5.56 Å². The molecule has 0 saturated heterocycles. The van der Waals surface area contributed by atoms with Crippen molar-refractivity contribution in [1.82, 2.24) is 0 Å². The van der Waals surface area contributed by atoms with Gasteiger partial charge in [-0.2, -0.15) is 0 Å². The summed E-state index contributed by atoms with van der Waals surface area (Å²) in [5, 5.41) is 8.90. The van der Waals surface area contributed by atoms with Crippen LogP contribution in [0.2, 0.25) is 0 Å². The van der Waals surface area contributed by atoms with Crippen LogP contribution in [-0.4, -0.2) is 16.6 Å². The number of nitrogens with two attached hydrogens (primary N) is 1. The number of carboxylic acid groups (broad SMARTS) is 1. The summed E-state index contributed by atoms with van der Waals surface area (Å²) in [6, 6.07) is 9.62. The van der Waals surface area contributed by atoms with Crippen LogP contribution in [0.3, 0.4) is 0 Å². The van der Waals surface area contributed by atoms with Crippen molar-refractivity contribution in [1.29, 1.82) is 0 Å². The van der Waals surface area contributed by atoms with E-state index in [1.165, 1.54) is 6.08 Å². The van der Waals surface area contributed by atoms with Gasteiger partial charge in [0.15, 0.2) is 0 Å². The molecule has 3 N–H and O–H groups in total. The number of carbonyl (C=O) groups is 1. The Balaban J connectivity index is 2.67. The van der Waals surface area contributed by atoms with E-state index in [9.17, 15) is 4.79 Å². The Hall–Kier alpha value is -1.87. The average Bonchev–Trinajstić information content (AvgIpc) is 2.30. The maximum Gasteiger partial charge on any atom is 0.328 e. The summed E-state index contributed by atoms with van der Waals surface area (Å²) < 4.78 is 0. The molecule has 0 aliphatic carbocycles. The van der Waals surface area contributed by atoms with Gasteiger partial charge < -0.3 is 10.8 Å². The molecular formula is C13H15NO2. The van der Waals surface area contributed by atoms with Crippen LogP contribution in [0.1, 0.15) is 12.0 Å². The van der Waals surface area contributed by atoms with Gasteiger partial charge in [0.1, 0.15) is 5.54 Å². The fourth-order valence-corrected chi connectivity index (χ4v) is 1.21. The third kappa shape index (κ3) is 3.07. The second kappa shape index (κ2) is 5.28. The Morgan fingerprint density at radius 2 is 2.06 bits per heavy atom. The zero-order valence-corrected chi connectivity index (χ0v) is 8.97. The molecule has 1 aromatic carbocycles. The van der Waals surface area contributed by atoms with Gasteiger partial charge in [0.25, 0.3) is 0 Å². The van der Waals surface area contributed by atoms with Gasteiger partial charge in [-0.3, -0.25) is 0 Å². The fourth-order valence-electron chi connectivity index (χ4n) is 1.21. The highest BCUT2D eigenvalue weighted by Crippen LogP contribution is 2.11. The minimum Gasteiger partial charge on any atom is -0.480 e. The lowest BCUT2D eigenvalue weighted by Gasteiger charge is -2.17. The number of hydrogen-bond donors (Lipinski definition) is 2. The van der Waals surface area contributed by atoms with Gasteiger partial charge in [0.2, 0.25) is 0 Å². The Bertz CT molecular complexity index is 398. The predicted molar refractivity (Wildman–Crippen MR) is 64.8 cm³/mol. The van der Waals surface area contributed by atoms with E-state index in [1.807, 2.05) is 36.4 Å². The van der Waals surface area contributed by atoms with Gasteiger partial charge in [-0.05, 0) is 12.0 Å². The molecule has 16 heavy (non-hydrogen) atoms. The quantitative estimate of drug-likeness (QED) is 0.742. The van der Waals surface area contributed by atoms with Gasteiger partial charge >= 0.3 is 5.97 Å². The number of hydrogen-bond acceptors (Lipinski definition) is 2. The minimum atomic E-state index is -1.38. The first-order valence-electron chi connectivity index (χ1n) is 4.96. The van der Waals surface area contributed by atoms with Gasteiger partial charge in [-0.1, -0.05) is 48.6 Å². The topological polar surface area (TPSA) is 63.3 Å². The molecule has 84 valence electrons. The molecule has 0 amide bonds. The number of carboxylic acids is 1. The molecule has 0 aliphatic rings. The molecule has 1 atom stereocenters. The molecule has 0 heterocycles. The fraction of sp³-hybridized carbons (Fsp3) is 0.154. The molecule has 3 heteroatoms. The van der Waals surface area contributed by atoms with Crippen molar-refractivity contribution >= 4 is 12.0 Å². The smallest absolute Gasteiger partial charge is 0.328 e. The van der Waals surface area contributed by atoms with Gasteiger partial charge in [0.05, 0.1) is 0 Å². The van der Waals surface area contributed by atoms with E-state index in [4.69, 9.17) is 10.8 Å². The van der Waals surface area contributed by atoms with E-state index in [0.29, 0.717) is 0 Å². The van der Waals surface area contributed by atoms with Crippen molar-refractivity contribution < 1.29 is 9.90 Å². The molecule has 0 saturated carbocycles. The van der Waals surface area contributed by atoms with Crippen molar-refractivity contribution in [2.24, 2.45) is 5.73 Å². The normalized spacial score (nSPS) is 14.6. The van der Waals surface area contributed by atoms with Crippen LogP contribution in [0.15, 0.2) is 49.1 Å². The van der Waals surface area contributed by atoms with Crippen LogP contribution in [0.4, 0.5) is 0 Å². The third-order valence-electron chi connectivity index (χ3n) is 2.33. The SMILES string of the molecule is C=C[C@](N)(C/C=C/c1ccccc1)C(=O)O. The van der Waals surface area contributed by atoms with Gasteiger partial charge in [0, 0.05) is 0 Å². The lowest BCUT2D eigenvalue weighted by Crippen LogP contribution is -2.45. The Morgan fingerprint density at radius 1 is 1.44 bits per heavy atom. The predicted octanol–water partition coefficient (Wildman–Crippen LogP) is 2.06. The molecular weight excluding hydrogens is 202 g/mol. The van der Waals surface area contributed by atoms with Gasteiger partial charge in [-0.15, -0.1) is 6.58 Å². The van der Waals surface area contributed by atoms with Crippen LogP contribution in [0, 0.1) is 0 Å². The van der Waals surface area contributed by atoms with E-state index in [2.05, 4.69) is 6.58 Å². The molecule has 1 rings (SSSR count). The average molecular weight is 217 g/mol. The highest BCUT2D eigenvalue weighted by atomic mass is 16.4. The zero-order valence-electron chi connectivity index (χ0n) is 8.97. The van der Waals surface area contributed by atoms with E-state index in [1.54, 1.807) is 6.08 Å². The molecule has 0 aromatic heterocycles. The second-order valence-electron chi connectivity index (χ2n) is 3.57. The minimum absolute atomic E-state index is 0.223. The Morgan fingerprint density at radius 3 is 2.56 bits per heavy atom. The first-order valence-corrected chi connectivity index (χ1v) is 4.96. The van der Waals surface area contributed by atoms with E-state index in [-0.39, 0.29) is 6.42 Å². The lowest BCUT2D eigenvalue weighted by molar-refractivity contribution is -0.141. The Kier molecular flexibility index (Phi) is 4.03. The molecule has 0 unspecified atom stereocenters. The van der Waals surface area contributed by atoms with Crippen molar-refractivity contribution in [3.05, 3.63) is 54.6 Å². The summed E-state index contributed by atoms with van der Waals surface area (Å²) >= 11 is 0. The highest BCUT2D eigenvalue weighted by molar-refractivity contribution is 5.81. The first-order chi connectivity index (χ1) is 7.58. The van der Waals surface area contributed by atoms with Crippen LogP contribution in [0.5, 0.6) is 0 Å². The van der Waals surface area contributed by atoms with E-state index >= 15 is 0 Å². The van der Waals surface area contributed by atoms with Crippen molar-refractivity contribution in [2.45, 2.75) is 12.0 Å². The Labute approximate surface area is 94.9 Å². The third-order valence-corrected chi connectivity index (χ3v) is 2.33. The molecule has 0 spiro atoms. The standard InChI is InChI=1S/C13H15NO2/c1-2-13(14,12(15)16)10-6-9-11-7-4-3-5-8-11/h2-9H,1,10,14H2,(H,15,16)/b9-6+/t13-/m0/s1. The van der Waals surface area contributed by atoms with Crippen molar-refractivity contribution in [2.75, 3.05) is 0 Å². The van der Waals surface area contributed by atoms with Crippen molar-refractivity contribution in [3.63, 3.8) is 0 Å². The van der Waals surface area contributed by atoms with Crippen LogP contribution < -0.4 is 5.73 Å². The van der Waals surface area contributed by atoms with E-state index < -0.39 is 11.5 Å². The van der Waals surface area contributed by atoms with Crippen LogP contribution >= 0.6 is 0 Å². The van der Waals surface area contributed by atoms with Crippen molar-refractivity contribution in [3.8, 4) is 0 Å². The molecule has 0 aliphatic heterocycles. The molecule has 1 aromatic rings. The largest absolute Gasteiger partial charge is 0.480 e. The molecule has 3 nitrogen and oxygen atoms in total. The maximum absolute atomic E-state index is 10.9. The second-order valence-corrected chi connectivity index (χ2v) is 3.57. The van der Waals surface area contributed by atoms with Crippen LogP contribution in [0.25, 0.3) is 6.08 Å². The molecule has 0 bridgehead atoms. The first kappa shape index (κ1) is 12.2. The summed E-state index contributed by atoms with van der Waals surface area (Å²) in [5.74, 6) is -1.07. The zero-order chi connectivity index (χ0) is 12.0. The van der Waals surface area contributed by atoms with Crippen LogP contribution in [-0.2, 0) is 4.79 Å².